The summed E-state index contributed by atoms with van der Waals surface area (Å²) < 4.78 is 27.1. The second-order valence-electron chi connectivity index (χ2n) is 7.66. The number of nitrogens with zero attached hydrogens (tertiary/aromatic N) is 3. The van der Waals surface area contributed by atoms with Crippen molar-refractivity contribution in [3.05, 3.63) is 63.9 Å². The van der Waals surface area contributed by atoms with Gasteiger partial charge >= 0.3 is 0 Å². The first-order valence-corrected chi connectivity index (χ1v) is 10.2. The highest BCUT2D eigenvalue weighted by molar-refractivity contribution is 6.30. The van der Waals surface area contributed by atoms with Crippen molar-refractivity contribution in [2.24, 2.45) is 0 Å². The molecule has 1 aromatic heterocycles. The third-order valence-electron chi connectivity index (χ3n) is 5.23. The second kappa shape index (κ2) is 9.45. The normalized spacial score (nSPS) is 17.7. The first-order valence-electron chi connectivity index (χ1n) is 9.85. The molecule has 0 unspecified atom stereocenters. The summed E-state index contributed by atoms with van der Waals surface area (Å²) in [5.74, 6) is -4.39. The van der Waals surface area contributed by atoms with Gasteiger partial charge < -0.3 is 10.2 Å². The highest BCUT2D eigenvalue weighted by Crippen LogP contribution is 2.31. The van der Waals surface area contributed by atoms with Gasteiger partial charge in [-0.3, -0.25) is 14.6 Å². The molecule has 1 N–H and O–H groups in total. The Morgan fingerprint density at radius 2 is 2.12 bits per heavy atom. The van der Waals surface area contributed by atoms with E-state index in [9.17, 15) is 18.4 Å². The van der Waals surface area contributed by atoms with E-state index in [0.717, 1.165) is 21.6 Å². The molecule has 2 amide bonds. The van der Waals surface area contributed by atoms with Gasteiger partial charge in [0, 0.05) is 35.0 Å². The topological polar surface area (TPSA) is 86.1 Å². The number of aromatic nitrogens is 1. The molecule has 6 nitrogen and oxygen atoms in total. The Morgan fingerprint density at radius 1 is 1.38 bits per heavy atom. The number of halogens is 3. The summed E-state index contributed by atoms with van der Waals surface area (Å²) in [4.78, 5) is 30.0. The van der Waals surface area contributed by atoms with E-state index in [-0.39, 0.29) is 5.56 Å². The molecule has 1 aliphatic rings. The standard InChI is InChI=1S/C23H21ClF2N4O2/c1-14-8-17(24)4-3-16(14)7-15(2)20-11-28-6-5-19(20)22(32)29-12-21(31)30-13-23(25,26)9-18(30)10-27/h3-8,11,18H,9,12-13H2,1-2H3,(H,29,32)/b15-7+/t18-/m0/s1. The zero-order valence-corrected chi connectivity index (χ0v) is 18.3. The minimum absolute atomic E-state index is 0.289. The monoisotopic (exact) mass is 458 g/mol. The molecule has 1 saturated heterocycles. The van der Waals surface area contributed by atoms with Gasteiger partial charge in [0.2, 0.25) is 5.91 Å². The number of hydrogen-bond acceptors (Lipinski definition) is 4. The van der Waals surface area contributed by atoms with Gasteiger partial charge in [-0.15, -0.1) is 0 Å². The van der Waals surface area contributed by atoms with Crippen LogP contribution >= 0.6 is 11.6 Å². The fourth-order valence-electron chi connectivity index (χ4n) is 3.57. The molecule has 1 atom stereocenters. The maximum Gasteiger partial charge on any atom is 0.268 e. The zero-order valence-electron chi connectivity index (χ0n) is 17.5. The van der Waals surface area contributed by atoms with Crippen LogP contribution in [0, 0.1) is 18.3 Å². The number of hydrogen-bond donors (Lipinski definition) is 1. The highest BCUT2D eigenvalue weighted by Gasteiger charge is 2.47. The van der Waals surface area contributed by atoms with Gasteiger partial charge in [-0.25, -0.2) is 8.78 Å². The molecular weight excluding hydrogens is 438 g/mol. The quantitative estimate of drug-likeness (QED) is 0.731. The van der Waals surface area contributed by atoms with Crippen LogP contribution in [-0.4, -0.2) is 46.8 Å². The molecule has 9 heteroatoms. The lowest BCUT2D eigenvalue weighted by atomic mass is 9.99. The number of likely N-dealkylation sites (tertiary alicyclic amines) is 1. The number of alkyl halides is 2. The molecule has 0 saturated carbocycles. The van der Waals surface area contributed by atoms with E-state index in [4.69, 9.17) is 16.9 Å². The smallest absolute Gasteiger partial charge is 0.268 e. The lowest BCUT2D eigenvalue weighted by molar-refractivity contribution is -0.131. The fraction of sp³-hybridized carbons (Fsp3) is 0.304. The van der Waals surface area contributed by atoms with Gasteiger partial charge in [-0.05, 0) is 48.7 Å². The molecular formula is C23H21ClF2N4O2. The first kappa shape index (κ1) is 23.4. The van der Waals surface area contributed by atoms with Crippen LogP contribution < -0.4 is 5.32 Å². The Kier molecular flexibility index (Phi) is 6.90. The average molecular weight is 459 g/mol. The van der Waals surface area contributed by atoms with Crippen LogP contribution in [0.3, 0.4) is 0 Å². The Bertz CT molecular complexity index is 1130. The maximum atomic E-state index is 13.6. The highest BCUT2D eigenvalue weighted by atomic mass is 35.5. The van der Waals surface area contributed by atoms with E-state index in [1.54, 1.807) is 18.3 Å². The number of carbonyl (C=O) groups is 2. The molecule has 166 valence electrons. The summed E-state index contributed by atoms with van der Waals surface area (Å²) in [6.45, 7) is 2.43. The number of amides is 2. The molecule has 32 heavy (non-hydrogen) atoms. The maximum absolute atomic E-state index is 13.6. The molecule has 2 heterocycles. The van der Waals surface area contributed by atoms with Crippen LogP contribution in [0.25, 0.3) is 11.6 Å². The van der Waals surface area contributed by atoms with Crippen LogP contribution in [0.5, 0.6) is 0 Å². The van der Waals surface area contributed by atoms with Gasteiger partial charge in [0.05, 0.1) is 19.2 Å². The summed E-state index contributed by atoms with van der Waals surface area (Å²) in [5, 5.41) is 12.1. The van der Waals surface area contributed by atoms with Gasteiger partial charge in [-0.1, -0.05) is 23.7 Å². The fourth-order valence-corrected chi connectivity index (χ4v) is 3.79. The number of nitrogens with one attached hydrogen (secondary N) is 1. The summed E-state index contributed by atoms with van der Waals surface area (Å²) in [6.07, 6.45) is 4.19. The third kappa shape index (κ3) is 5.29. The van der Waals surface area contributed by atoms with E-state index < -0.39 is 43.3 Å². The van der Waals surface area contributed by atoms with Crippen molar-refractivity contribution in [3.63, 3.8) is 0 Å². The van der Waals surface area contributed by atoms with Crippen LogP contribution in [0.1, 0.15) is 40.4 Å². The summed E-state index contributed by atoms with van der Waals surface area (Å²) in [5.41, 5.74) is 3.51. The van der Waals surface area contributed by atoms with E-state index in [2.05, 4.69) is 10.3 Å². The van der Waals surface area contributed by atoms with Crippen molar-refractivity contribution in [3.8, 4) is 6.07 Å². The van der Waals surface area contributed by atoms with Gasteiger partial charge in [0.25, 0.3) is 11.8 Å². The van der Waals surface area contributed by atoms with E-state index >= 15 is 0 Å². The molecule has 0 spiro atoms. The Hall–Kier alpha value is -3.31. The van der Waals surface area contributed by atoms with Crippen LogP contribution in [0.4, 0.5) is 8.78 Å². The second-order valence-corrected chi connectivity index (χ2v) is 8.10. The van der Waals surface area contributed by atoms with E-state index in [1.165, 1.54) is 12.3 Å². The Morgan fingerprint density at radius 3 is 2.81 bits per heavy atom. The van der Waals surface area contributed by atoms with Crippen molar-refractivity contribution < 1.29 is 18.4 Å². The molecule has 3 rings (SSSR count). The van der Waals surface area contributed by atoms with Crippen molar-refractivity contribution in [2.75, 3.05) is 13.1 Å². The SMILES string of the molecule is C/C(=C\c1ccc(Cl)cc1C)c1cnccc1C(=O)NCC(=O)N1CC(F)(F)C[C@H]1C#N. The van der Waals surface area contributed by atoms with Crippen LogP contribution in [0.2, 0.25) is 5.02 Å². The number of aryl methyl sites for hydroxylation is 1. The number of allylic oxidation sites excluding steroid dienone is 1. The number of carbonyl (C=O) groups excluding carboxylic acids is 2. The average Bonchev–Trinajstić information content (AvgIpc) is 3.08. The molecule has 0 radical (unpaired) electrons. The largest absolute Gasteiger partial charge is 0.343 e. The van der Waals surface area contributed by atoms with Crippen LogP contribution in [0.15, 0.2) is 36.7 Å². The molecule has 0 bridgehead atoms. The Labute approximate surface area is 189 Å². The Balaban J connectivity index is 1.75. The van der Waals surface area contributed by atoms with Crippen LogP contribution in [-0.2, 0) is 4.79 Å². The predicted molar refractivity (Wildman–Crippen MR) is 117 cm³/mol. The van der Waals surface area contributed by atoms with Gasteiger partial charge in [-0.2, -0.15) is 5.26 Å². The molecule has 1 aromatic carbocycles. The minimum atomic E-state index is -3.11. The molecule has 2 aromatic rings. The first-order chi connectivity index (χ1) is 15.1. The van der Waals surface area contributed by atoms with E-state index in [0.29, 0.717) is 10.6 Å². The molecule has 1 aliphatic heterocycles. The summed E-state index contributed by atoms with van der Waals surface area (Å²) in [6, 6.07) is 7.49. The van der Waals surface area contributed by atoms with Crippen molar-refractivity contribution in [1.29, 1.82) is 5.26 Å². The van der Waals surface area contributed by atoms with Crippen molar-refractivity contribution >= 4 is 35.1 Å². The predicted octanol–water partition coefficient (Wildman–Crippen LogP) is 4.09. The lowest BCUT2D eigenvalue weighted by Crippen LogP contribution is -2.43. The van der Waals surface area contributed by atoms with E-state index in [1.807, 2.05) is 32.1 Å². The van der Waals surface area contributed by atoms with Gasteiger partial charge in [0.15, 0.2) is 0 Å². The van der Waals surface area contributed by atoms with Crippen molar-refractivity contribution in [2.45, 2.75) is 32.2 Å². The number of pyridine rings is 1. The lowest BCUT2D eigenvalue weighted by Gasteiger charge is -2.19. The summed E-state index contributed by atoms with van der Waals surface area (Å²) in [7, 11) is 0. The van der Waals surface area contributed by atoms with Gasteiger partial charge in [0.1, 0.15) is 6.04 Å². The van der Waals surface area contributed by atoms with Crippen molar-refractivity contribution in [1.82, 2.24) is 15.2 Å². The molecule has 0 aliphatic carbocycles. The minimum Gasteiger partial charge on any atom is -0.343 e. The molecule has 1 fully saturated rings. The number of rotatable bonds is 5. The number of nitriles is 1. The zero-order chi connectivity index (χ0) is 23.5. The summed E-state index contributed by atoms with van der Waals surface area (Å²) >= 11 is 6.00. The number of benzene rings is 1. The third-order valence-corrected chi connectivity index (χ3v) is 5.47.